The molecule has 4 rings (SSSR count). The van der Waals surface area contributed by atoms with E-state index < -0.39 is 96.7 Å². The predicted molar refractivity (Wildman–Crippen MR) is 182 cm³/mol. The number of carbonyl (C=O) groups excluding carboxylic acids is 8. The lowest BCUT2D eigenvalue weighted by Crippen LogP contribution is -2.40. The van der Waals surface area contributed by atoms with Crippen molar-refractivity contribution in [1.29, 1.82) is 0 Å². The Hall–Kier alpha value is -5.37. The summed E-state index contributed by atoms with van der Waals surface area (Å²) in [7, 11) is 0. The summed E-state index contributed by atoms with van der Waals surface area (Å²) in [6, 6.07) is 0. The summed E-state index contributed by atoms with van der Waals surface area (Å²) in [4.78, 5) is 98.9. The van der Waals surface area contributed by atoms with Crippen LogP contribution in [-0.4, -0.2) is 117 Å². The van der Waals surface area contributed by atoms with Crippen LogP contribution in [0.3, 0.4) is 0 Å². The van der Waals surface area contributed by atoms with E-state index in [1.807, 2.05) is 22.6 Å². The van der Waals surface area contributed by atoms with Gasteiger partial charge in [0.05, 0.1) is 12.7 Å². The molecule has 2 aromatic heterocycles. The maximum atomic E-state index is 11.6. The second-order valence-corrected chi connectivity index (χ2v) is 12.5. The minimum absolute atomic E-state index is 0.00764. The Balaban J connectivity index is 0.000000290. The van der Waals surface area contributed by atoms with Crippen LogP contribution in [-0.2, 0) is 66.7 Å². The topological polar surface area (TPSA) is 324 Å². The smallest absolute Gasteiger partial charge is 0.303 e. The van der Waals surface area contributed by atoms with Crippen LogP contribution in [0.2, 0.25) is 0 Å². The third-order valence-corrected chi connectivity index (χ3v) is 8.33. The third kappa shape index (κ3) is 10.8. The van der Waals surface area contributed by atoms with Crippen LogP contribution in [0, 0.1) is 3.70 Å². The molecular weight excluding hydrogens is 841 g/mol. The van der Waals surface area contributed by atoms with Crippen molar-refractivity contribution in [2.24, 2.45) is 11.5 Å². The van der Waals surface area contributed by atoms with Gasteiger partial charge in [-0.3, -0.25) is 47.5 Å². The van der Waals surface area contributed by atoms with E-state index in [1.54, 1.807) is 0 Å². The molecule has 8 unspecified atom stereocenters. The van der Waals surface area contributed by atoms with Gasteiger partial charge in [-0.1, -0.05) is 0 Å². The average Bonchev–Trinajstić information content (AvgIpc) is 3.79. The molecule has 4 heterocycles. The van der Waals surface area contributed by atoms with Crippen LogP contribution in [0.15, 0.2) is 12.7 Å². The molecule has 0 aromatic carbocycles. The molecule has 2 fully saturated rings. The molecule has 2 amide bonds. The molecule has 296 valence electrons. The van der Waals surface area contributed by atoms with Crippen LogP contribution in [0.5, 0.6) is 0 Å². The standard InChI is InChI=1S/C15H18IN3O8.C15H20N4O8/c2*1-6(20)24-4-9-11(25-7(2)21)12(26-8(3)22)15(27-9)19-5-18-10(13(19)16)14(17)23/h5,9,11-12,15H,4H2,1-3H3,(H2,17,23);5,9,11-12,15H,4,16H2,1-3H3,(H2,17,23). The molecule has 0 saturated carbocycles. The summed E-state index contributed by atoms with van der Waals surface area (Å²) in [5, 5.41) is 0. The molecule has 0 bridgehead atoms. The van der Waals surface area contributed by atoms with Crippen molar-refractivity contribution in [2.45, 2.75) is 90.6 Å². The Morgan fingerprint density at radius 3 is 1.30 bits per heavy atom. The van der Waals surface area contributed by atoms with Crippen molar-refractivity contribution in [3.05, 3.63) is 27.7 Å². The van der Waals surface area contributed by atoms with Gasteiger partial charge in [0.15, 0.2) is 48.3 Å². The molecule has 54 heavy (non-hydrogen) atoms. The second-order valence-electron chi connectivity index (χ2n) is 11.4. The van der Waals surface area contributed by atoms with E-state index in [0.717, 1.165) is 13.8 Å². The monoisotopic (exact) mass is 879 g/mol. The molecule has 8 atom stereocenters. The number of anilines is 1. The molecule has 0 radical (unpaired) electrons. The molecule has 6 N–H and O–H groups in total. The molecule has 2 saturated heterocycles. The summed E-state index contributed by atoms with van der Waals surface area (Å²) < 4.78 is 45.5. The highest BCUT2D eigenvalue weighted by Crippen LogP contribution is 2.37. The number of hydrogen-bond acceptors (Lipinski definition) is 19. The van der Waals surface area contributed by atoms with Crippen LogP contribution >= 0.6 is 22.6 Å². The van der Waals surface area contributed by atoms with Gasteiger partial charge in [-0.05, 0) is 22.6 Å². The van der Waals surface area contributed by atoms with Gasteiger partial charge < -0.3 is 55.1 Å². The molecule has 0 aliphatic carbocycles. The zero-order valence-corrected chi connectivity index (χ0v) is 31.8. The van der Waals surface area contributed by atoms with Gasteiger partial charge in [0.2, 0.25) is 0 Å². The first kappa shape index (κ1) is 43.0. The van der Waals surface area contributed by atoms with E-state index >= 15 is 0 Å². The number of halogens is 1. The van der Waals surface area contributed by atoms with Gasteiger partial charge in [0.1, 0.15) is 34.9 Å². The first-order chi connectivity index (χ1) is 25.2. The minimum atomic E-state index is -1.14. The van der Waals surface area contributed by atoms with Crippen molar-refractivity contribution < 1.29 is 76.3 Å². The Labute approximate surface area is 319 Å². The number of hydrogen-bond donors (Lipinski definition) is 3. The number of nitrogens with zero attached hydrogens (tertiary/aromatic N) is 4. The van der Waals surface area contributed by atoms with Gasteiger partial charge in [0.25, 0.3) is 11.8 Å². The van der Waals surface area contributed by atoms with E-state index in [2.05, 4.69) is 9.97 Å². The Kier molecular flexibility index (Phi) is 14.8. The highest BCUT2D eigenvalue weighted by Gasteiger charge is 2.52. The van der Waals surface area contributed by atoms with E-state index in [1.165, 1.54) is 49.5 Å². The molecule has 24 heteroatoms. The number of primary amides is 2. The number of carbonyl (C=O) groups is 8. The quantitative estimate of drug-likeness (QED) is 0.128. The maximum Gasteiger partial charge on any atom is 0.303 e. The molecule has 0 spiro atoms. The summed E-state index contributed by atoms with van der Waals surface area (Å²) in [6.07, 6.45) is -5.78. The molecule has 2 aromatic rings. The number of rotatable bonds is 12. The van der Waals surface area contributed by atoms with Crippen molar-refractivity contribution in [3.63, 3.8) is 0 Å². The SMILES string of the molecule is CC(=O)OCC1OC(n2cnc(C(N)=O)c2I)C(OC(C)=O)C1OC(C)=O.CC(=O)OCC1OC(n2cnc(C(N)=O)c2N)C(OC(C)=O)C1OC(C)=O. The highest BCUT2D eigenvalue weighted by atomic mass is 127. The zero-order valence-electron chi connectivity index (χ0n) is 29.6. The number of nitrogens with two attached hydrogens (primary N) is 3. The summed E-state index contributed by atoms with van der Waals surface area (Å²) in [5.41, 5.74) is 16.2. The molecule has 23 nitrogen and oxygen atoms in total. The number of ether oxygens (including phenoxy) is 8. The minimum Gasteiger partial charge on any atom is -0.463 e. The fraction of sp³-hybridized carbons (Fsp3) is 0.533. The number of imidazole rings is 2. The van der Waals surface area contributed by atoms with Gasteiger partial charge in [0, 0.05) is 41.5 Å². The van der Waals surface area contributed by atoms with Crippen molar-refractivity contribution in [3.8, 4) is 0 Å². The zero-order chi connectivity index (χ0) is 40.6. The lowest BCUT2D eigenvalue weighted by atomic mass is 10.1. The Bertz CT molecular complexity index is 1650. The van der Waals surface area contributed by atoms with E-state index in [4.69, 9.17) is 55.1 Å². The predicted octanol–water partition coefficient (Wildman–Crippen LogP) is -1.20. The van der Waals surface area contributed by atoms with Gasteiger partial charge in [-0.15, -0.1) is 0 Å². The van der Waals surface area contributed by atoms with E-state index in [0.29, 0.717) is 3.70 Å². The maximum absolute atomic E-state index is 11.6. The first-order valence-corrected chi connectivity index (χ1v) is 16.7. The van der Waals surface area contributed by atoms with Crippen LogP contribution in [0.1, 0.15) is 75.0 Å². The van der Waals surface area contributed by atoms with Gasteiger partial charge >= 0.3 is 35.8 Å². The molecular formula is C30H38IN7O16. The summed E-state index contributed by atoms with van der Waals surface area (Å²) in [6.45, 7) is 6.63. The highest BCUT2D eigenvalue weighted by molar-refractivity contribution is 14.1. The van der Waals surface area contributed by atoms with Gasteiger partial charge in [-0.2, -0.15) is 0 Å². The lowest BCUT2D eigenvalue weighted by molar-refractivity contribution is -0.166. The van der Waals surface area contributed by atoms with Crippen LogP contribution < -0.4 is 17.2 Å². The normalized spacial score (nSPS) is 24.3. The van der Waals surface area contributed by atoms with E-state index in [-0.39, 0.29) is 30.4 Å². The second kappa shape index (κ2) is 18.6. The largest absolute Gasteiger partial charge is 0.463 e. The third-order valence-electron chi connectivity index (χ3n) is 7.26. The van der Waals surface area contributed by atoms with E-state index in [9.17, 15) is 38.4 Å². The summed E-state index contributed by atoms with van der Waals surface area (Å²) >= 11 is 1.84. The van der Waals surface area contributed by atoms with Crippen LogP contribution in [0.25, 0.3) is 0 Å². The fourth-order valence-electron chi connectivity index (χ4n) is 5.29. The molecule has 2 aliphatic rings. The first-order valence-electron chi connectivity index (χ1n) is 15.6. The number of amides is 2. The number of esters is 6. The van der Waals surface area contributed by atoms with Crippen molar-refractivity contribution in [2.75, 3.05) is 18.9 Å². The summed E-state index contributed by atoms with van der Waals surface area (Å²) in [5.74, 6) is -5.46. The Morgan fingerprint density at radius 2 is 0.963 bits per heavy atom. The Morgan fingerprint density at radius 1 is 0.611 bits per heavy atom. The average molecular weight is 880 g/mol. The van der Waals surface area contributed by atoms with Gasteiger partial charge in [-0.25, -0.2) is 9.97 Å². The number of nitrogen functional groups attached to an aromatic ring is 1. The van der Waals surface area contributed by atoms with Crippen LogP contribution in [0.4, 0.5) is 5.82 Å². The number of aromatic nitrogens is 4. The lowest BCUT2D eigenvalue weighted by Gasteiger charge is -2.24. The molecule has 2 aliphatic heterocycles. The van der Waals surface area contributed by atoms with Crippen molar-refractivity contribution >= 4 is 76.0 Å². The van der Waals surface area contributed by atoms with Crippen molar-refractivity contribution in [1.82, 2.24) is 19.1 Å². The fourth-order valence-corrected chi connectivity index (χ4v) is 6.09.